The maximum absolute atomic E-state index is 12.7. The number of piperazine rings is 1. The number of H-pyrrole nitrogens is 1. The van der Waals surface area contributed by atoms with E-state index < -0.39 is 0 Å². The molecule has 0 amide bonds. The average molecular weight is 425 g/mol. The zero-order chi connectivity index (χ0) is 20.5. The number of anilines is 1. The minimum atomic E-state index is -0.0778. The van der Waals surface area contributed by atoms with Gasteiger partial charge in [0.2, 0.25) is 0 Å². The maximum atomic E-state index is 12.7. The Bertz CT molecular complexity index is 1070. The zero-order valence-corrected chi connectivity index (χ0v) is 17.7. The molecule has 0 atom stereocenters. The Labute approximate surface area is 178 Å². The fourth-order valence-electron chi connectivity index (χ4n) is 3.91. The molecule has 1 N–H and O–H groups in total. The second kappa shape index (κ2) is 8.21. The molecule has 1 fully saturated rings. The fraction of sp³-hybridized carbons (Fsp3) is 0.450. The minimum Gasteiger partial charge on any atom is -0.346 e. The van der Waals surface area contributed by atoms with Crippen LogP contribution in [0.4, 0.5) is 5.13 Å². The maximum Gasteiger partial charge on any atom is 0.255 e. The Kier molecular flexibility index (Phi) is 5.28. The molecule has 0 saturated carbocycles. The van der Waals surface area contributed by atoms with Gasteiger partial charge in [0, 0.05) is 75.7 Å². The smallest absolute Gasteiger partial charge is 0.255 e. The summed E-state index contributed by atoms with van der Waals surface area (Å²) >= 11 is 1.76. The van der Waals surface area contributed by atoms with Crippen LogP contribution in [0.1, 0.15) is 16.1 Å². The van der Waals surface area contributed by atoms with Gasteiger partial charge in [-0.15, -0.1) is 11.3 Å². The van der Waals surface area contributed by atoms with Gasteiger partial charge in [-0.2, -0.15) is 0 Å². The summed E-state index contributed by atoms with van der Waals surface area (Å²) in [4.78, 5) is 41.2. The van der Waals surface area contributed by atoms with Crippen LogP contribution in [0.25, 0.3) is 11.4 Å². The summed E-state index contributed by atoms with van der Waals surface area (Å²) in [5.74, 6) is 0.534. The van der Waals surface area contributed by atoms with E-state index in [2.05, 4.69) is 46.7 Å². The van der Waals surface area contributed by atoms with Crippen molar-refractivity contribution in [2.24, 2.45) is 0 Å². The lowest BCUT2D eigenvalue weighted by Gasteiger charge is -2.32. The van der Waals surface area contributed by atoms with E-state index in [0.717, 1.165) is 67.6 Å². The molecule has 3 aromatic heterocycles. The molecule has 10 heteroatoms. The van der Waals surface area contributed by atoms with Gasteiger partial charge in [0.15, 0.2) is 5.13 Å². The van der Waals surface area contributed by atoms with Gasteiger partial charge in [-0.3, -0.25) is 9.69 Å². The SMILES string of the molecule is CN1CCN(c2ncc(CN3CCc4nc(-c5cncnc5)[nH]c(=O)c4C3)s2)CC1. The molecule has 2 aliphatic rings. The van der Waals surface area contributed by atoms with Gasteiger partial charge < -0.3 is 14.8 Å². The number of hydrogen-bond donors (Lipinski definition) is 1. The van der Waals surface area contributed by atoms with Crippen molar-refractivity contribution in [1.29, 1.82) is 0 Å². The number of hydrogen-bond acceptors (Lipinski definition) is 9. The van der Waals surface area contributed by atoms with Crippen molar-refractivity contribution in [2.45, 2.75) is 19.5 Å². The lowest BCUT2D eigenvalue weighted by atomic mass is 10.1. The normalized spacial score (nSPS) is 17.8. The average Bonchev–Trinajstić information content (AvgIpc) is 3.23. The van der Waals surface area contributed by atoms with Crippen LogP contribution in [-0.2, 0) is 19.5 Å². The molecule has 0 aliphatic carbocycles. The molecule has 30 heavy (non-hydrogen) atoms. The molecule has 0 unspecified atom stereocenters. The van der Waals surface area contributed by atoms with Gasteiger partial charge in [0.05, 0.1) is 16.8 Å². The summed E-state index contributed by atoms with van der Waals surface area (Å²) in [7, 11) is 2.16. The van der Waals surface area contributed by atoms with E-state index in [1.807, 2.05) is 6.20 Å². The molecule has 2 aliphatic heterocycles. The summed E-state index contributed by atoms with van der Waals surface area (Å²) in [6, 6.07) is 0. The van der Waals surface area contributed by atoms with Gasteiger partial charge in [-0.25, -0.2) is 19.9 Å². The van der Waals surface area contributed by atoms with Crippen LogP contribution in [0.15, 0.2) is 29.7 Å². The molecular weight excluding hydrogens is 400 g/mol. The second-order valence-corrected chi connectivity index (χ2v) is 8.92. The molecule has 156 valence electrons. The van der Waals surface area contributed by atoms with Crippen molar-refractivity contribution in [2.75, 3.05) is 44.7 Å². The Morgan fingerprint density at radius 2 is 1.90 bits per heavy atom. The second-order valence-electron chi connectivity index (χ2n) is 7.83. The molecule has 5 heterocycles. The Balaban J connectivity index is 1.28. The van der Waals surface area contributed by atoms with Crippen molar-refractivity contribution in [3.63, 3.8) is 0 Å². The van der Waals surface area contributed by atoms with Crippen molar-refractivity contribution in [3.8, 4) is 11.4 Å². The van der Waals surface area contributed by atoms with E-state index in [1.54, 1.807) is 23.7 Å². The number of rotatable bonds is 4. The number of nitrogens with zero attached hydrogens (tertiary/aromatic N) is 7. The topological polar surface area (TPSA) is 94.1 Å². The molecule has 3 aromatic rings. The number of fused-ring (bicyclic) bond motifs is 1. The third kappa shape index (κ3) is 3.98. The van der Waals surface area contributed by atoms with Crippen LogP contribution in [-0.4, -0.2) is 74.5 Å². The summed E-state index contributed by atoms with van der Waals surface area (Å²) in [6.45, 7) is 6.47. The first-order valence-corrected chi connectivity index (χ1v) is 11.0. The van der Waals surface area contributed by atoms with E-state index >= 15 is 0 Å². The van der Waals surface area contributed by atoms with Crippen LogP contribution < -0.4 is 10.5 Å². The molecule has 5 rings (SSSR count). The van der Waals surface area contributed by atoms with E-state index in [9.17, 15) is 4.79 Å². The van der Waals surface area contributed by atoms with Crippen LogP contribution >= 0.6 is 11.3 Å². The van der Waals surface area contributed by atoms with Crippen molar-refractivity contribution < 1.29 is 0 Å². The third-order valence-electron chi connectivity index (χ3n) is 5.68. The summed E-state index contributed by atoms with van der Waals surface area (Å²) in [5, 5.41) is 1.10. The van der Waals surface area contributed by atoms with Gasteiger partial charge in [0.1, 0.15) is 12.2 Å². The van der Waals surface area contributed by atoms with Crippen molar-refractivity contribution >= 4 is 16.5 Å². The molecule has 9 nitrogen and oxygen atoms in total. The molecule has 0 aromatic carbocycles. The predicted octanol–water partition coefficient (Wildman–Crippen LogP) is 0.993. The number of thiazole rings is 1. The predicted molar refractivity (Wildman–Crippen MR) is 116 cm³/mol. The van der Waals surface area contributed by atoms with E-state index in [-0.39, 0.29) is 5.56 Å². The summed E-state index contributed by atoms with van der Waals surface area (Å²) in [6.07, 6.45) is 7.52. The van der Waals surface area contributed by atoms with Crippen molar-refractivity contribution in [3.05, 3.63) is 51.4 Å². The lowest BCUT2D eigenvalue weighted by Crippen LogP contribution is -2.44. The van der Waals surface area contributed by atoms with Gasteiger partial charge in [-0.05, 0) is 7.05 Å². The third-order valence-corrected chi connectivity index (χ3v) is 6.72. The van der Waals surface area contributed by atoms with Crippen LogP contribution in [0.5, 0.6) is 0 Å². The zero-order valence-electron chi connectivity index (χ0n) is 16.9. The fourth-order valence-corrected chi connectivity index (χ4v) is 4.91. The van der Waals surface area contributed by atoms with E-state index in [1.165, 1.54) is 11.2 Å². The molecule has 0 radical (unpaired) electrons. The highest BCUT2D eigenvalue weighted by molar-refractivity contribution is 7.15. The van der Waals surface area contributed by atoms with Crippen LogP contribution in [0.2, 0.25) is 0 Å². The van der Waals surface area contributed by atoms with Crippen molar-refractivity contribution in [1.82, 2.24) is 34.7 Å². The van der Waals surface area contributed by atoms with E-state index in [4.69, 9.17) is 0 Å². The van der Waals surface area contributed by atoms with Gasteiger partial charge >= 0.3 is 0 Å². The standard InChI is InChI=1S/C20H24N8OS/c1-26-4-6-28(7-5-26)20-23-10-15(30-20)11-27-3-2-17-16(12-27)19(29)25-18(24-17)14-8-21-13-22-9-14/h8-10,13H,2-7,11-12H2,1H3,(H,24,25,29). The highest BCUT2D eigenvalue weighted by Crippen LogP contribution is 2.26. The molecule has 0 bridgehead atoms. The Morgan fingerprint density at radius 1 is 1.10 bits per heavy atom. The first kappa shape index (κ1) is 19.3. The summed E-state index contributed by atoms with van der Waals surface area (Å²) in [5.41, 5.74) is 2.27. The highest BCUT2D eigenvalue weighted by Gasteiger charge is 2.23. The van der Waals surface area contributed by atoms with Crippen LogP contribution in [0, 0.1) is 0 Å². The first-order chi connectivity index (χ1) is 14.7. The van der Waals surface area contributed by atoms with Crippen LogP contribution in [0.3, 0.4) is 0 Å². The monoisotopic (exact) mass is 424 g/mol. The molecule has 1 saturated heterocycles. The highest BCUT2D eigenvalue weighted by atomic mass is 32.1. The first-order valence-electron chi connectivity index (χ1n) is 10.1. The van der Waals surface area contributed by atoms with Gasteiger partial charge in [-0.1, -0.05) is 0 Å². The Morgan fingerprint density at radius 3 is 2.70 bits per heavy atom. The van der Waals surface area contributed by atoms with Gasteiger partial charge in [0.25, 0.3) is 5.56 Å². The van der Waals surface area contributed by atoms with E-state index in [0.29, 0.717) is 12.4 Å². The molecular formula is C20H24N8OS. The lowest BCUT2D eigenvalue weighted by molar-refractivity contribution is 0.244. The number of nitrogens with one attached hydrogen (secondary N) is 1. The number of likely N-dealkylation sites (N-methyl/N-ethyl adjacent to an activating group) is 1. The minimum absolute atomic E-state index is 0.0778. The number of aromatic nitrogens is 5. The molecule has 0 spiro atoms. The summed E-state index contributed by atoms with van der Waals surface area (Å²) < 4.78 is 0. The number of aromatic amines is 1. The largest absolute Gasteiger partial charge is 0.346 e. The quantitative estimate of drug-likeness (QED) is 0.663. The Hall–Kier alpha value is -2.69.